The molecule has 0 radical (unpaired) electrons. The summed E-state index contributed by atoms with van der Waals surface area (Å²) in [7, 11) is 2.11. The number of hydrogen-bond donors (Lipinski definition) is 0. The fraction of sp³-hybridized carbons (Fsp3) is 0.167. The van der Waals surface area contributed by atoms with Gasteiger partial charge in [0.2, 0.25) is 0 Å². The van der Waals surface area contributed by atoms with Crippen LogP contribution in [0, 0.1) is 20.8 Å². The monoisotopic (exact) mass is 350 g/mol. The van der Waals surface area contributed by atoms with Crippen LogP contribution in [-0.4, -0.2) is 9.38 Å². The zero-order valence-corrected chi connectivity index (χ0v) is 16.0. The van der Waals surface area contributed by atoms with Crippen molar-refractivity contribution in [2.75, 3.05) is 0 Å². The average molecular weight is 350 g/mol. The Morgan fingerprint density at radius 2 is 1.67 bits per heavy atom. The van der Waals surface area contributed by atoms with Crippen molar-refractivity contribution in [3.05, 3.63) is 65.5 Å². The predicted octanol–water partition coefficient (Wildman–Crippen LogP) is 5.13. The van der Waals surface area contributed by atoms with Crippen molar-refractivity contribution in [3.63, 3.8) is 0 Å². The van der Waals surface area contributed by atoms with E-state index in [0.717, 1.165) is 5.52 Å². The molecule has 27 heavy (non-hydrogen) atoms. The molecule has 130 valence electrons. The van der Waals surface area contributed by atoms with E-state index in [9.17, 15) is 0 Å². The van der Waals surface area contributed by atoms with Gasteiger partial charge in [-0.2, -0.15) is 0 Å². The van der Waals surface area contributed by atoms with Gasteiger partial charge in [0, 0.05) is 16.2 Å². The van der Waals surface area contributed by atoms with Crippen LogP contribution < -0.4 is 4.57 Å². The van der Waals surface area contributed by atoms with Crippen LogP contribution in [0.4, 0.5) is 0 Å². The molecule has 3 aromatic carbocycles. The number of fused-ring (bicyclic) bond motifs is 6. The number of pyridine rings is 1. The second-order valence-electron chi connectivity index (χ2n) is 7.77. The average Bonchev–Trinajstić information content (AvgIpc) is 3.01. The van der Waals surface area contributed by atoms with Gasteiger partial charge in [0.25, 0.3) is 6.33 Å². The summed E-state index contributed by atoms with van der Waals surface area (Å²) in [5.74, 6) is 0. The molecular weight excluding hydrogens is 330 g/mol. The summed E-state index contributed by atoms with van der Waals surface area (Å²) in [6.07, 6.45) is 1.95. The standard InChI is InChI=1S/C24H20N3/c1-13-11-14(2)22-20(15(13)3)24-21-18(25-12-26(24)4)10-9-17-16-7-5-6-8-19(16)27(22)23(17)21/h5-12H,1-4H3/q+1. The highest BCUT2D eigenvalue weighted by Crippen LogP contribution is 2.41. The zero-order chi connectivity index (χ0) is 18.4. The van der Waals surface area contributed by atoms with Gasteiger partial charge in [-0.15, -0.1) is 0 Å². The van der Waals surface area contributed by atoms with Crippen LogP contribution in [-0.2, 0) is 7.05 Å². The molecule has 0 bridgehead atoms. The maximum atomic E-state index is 4.73. The molecule has 0 spiro atoms. The molecule has 0 aliphatic rings. The molecule has 0 aliphatic heterocycles. The van der Waals surface area contributed by atoms with Crippen LogP contribution in [0.25, 0.3) is 49.1 Å². The third kappa shape index (κ3) is 1.63. The zero-order valence-electron chi connectivity index (χ0n) is 16.0. The predicted molar refractivity (Wildman–Crippen MR) is 112 cm³/mol. The summed E-state index contributed by atoms with van der Waals surface area (Å²) in [4.78, 5) is 4.73. The van der Waals surface area contributed by atoms with Crippen LogP contribution in [0.3, 0.4) is 0 Å². The van der Waals surface area contributed by atoms with E-state index in [2.05, 4.69) is 79.3 Å². The highest BCUT2D eigenvalue weighted by molar-refractivity contribution is 6.26. The molecule has 0 atom stereocenters. The van der Waals surface area contributed by atoms with Gasteiger partial charge in [-0.25, -0.2) is 4.57 Å². The van der Waals surface area contributed by atoms with Gasteiger partial charge in [0.15, 0.2) is 5.52 Å². The number of benzene rings is 3. The highest BCUT2D eigenvalue weighted by Gasteiger charge is 2.25. The van der Waals surface area contributed by atoms with Crippen molar-refractivity contribution in [2.45, 2.75) is 20.8 Å². The summed E-state index contributed by atoms with van der Waals surface area (Å²) in [5, 5.41) is 5.20. The van der Waals surface area contributed by atoms with Gasteiger partial charge >= 0.3 is 0 Å². The van der Waals surface area contributed by atoms with Gasteiger partial charge in [-0.05, 0) is 60.6 Å². The first-order chi connectivity index (χ1) is 13.1. The van der Waals surface area contributed by atoms with Gasteiger partial charge in [0.1, 0.15) is 5.52 Å². The molecular formula is C24H20N3+. The van der Waals surface area contributed by atoms with E-state index >= 15 is 0 Å². The summed E-state index contributed by atoms with van der Waals surface area (Å²) in [6.45, 7) is 6.69. The Labute approximate surface area is 156 Å². The molecule has 3 heteroatoms. The first-order valence-electron chi connectivity index (χ1n) is 9.40. The SMILES string of the molecule is Cc1cc(C)c2c(c1C)c1c3c(ccc4c5ccccc5n2c43)nc[n+]1C. The minimum Gasteiger partial charge on any atom is -0.307 e. The number of aryl methyl sites for hydroxylation is 4. The van der Waals surface area contributed by atoms with Crippen molar-refractivity contribution in [1.82, 2.24) is 9.38 Å². The van der Waals surface area contributed by atoms with E-state index in [1.807, 2.05) is 6.33 Å². The Balaban J connectivity index is 2.18. The molecule has 0 unspecified atom stereocenters. The lowest BCUT2D eigenvalue weighted by atomic mass is 9.96. The molecule has 0 saturated carbocycles. The third-order valence-corrected chi connectivity index (χ3v) is 6.24. The first-order valence-corrected chi connectivity index (χ1v) is 9.40. The summed E-state index contributed by atoms with van der Waals surface area (Å²) in [6, 6.07) is 15.5. The number of hydrogen-bond acceptors (Lipinski definition) is 1. The Kier molecular flexibility index (Phi) is 2.62. The Hall–Kier alpha value is -3.20. The quantitative estimate of drug-likeness (QED) is 0.211. The van der Waals surface area contributed by atoms with Crippen LogP contribution >= 0.6 is 0 Å². The summed E-state index contributed by atoms with van der Waals surface area (Å²) < 4.78 is 4.66. The number of para-hydroxylation sites is 1. The van der Waals surface area contributed by atoms with E-state index in [0.29, 0.717) is 0 Å². The van der Waals surface area contributed by atoms with Gasteiger partial charge in [0.05, 0.1) is 29.0 Å². The van der Waals surface area contributed by atoms with Crippen LogP contribution in [0.15, 0.2) is 48.8 Å². The van der Waals surface area contributed by atoms with Gasteiger partial charge in [-0.3, -0.25) is 0 Å². The molecule has 0 fully saturated rings. The second-order valence-corrected chi connectivity index (χ2v) is 7.77. The smallest absolute Gasteiger partial charge is 0.287 e. The van der Waals surface area contributed by atoms with Crippen LogP contribution in [0.2, 0.25) is 0 Å². The number of aromatic nitrogens is 3. The molecule has 6 aromatic rings. The fourth-order valence-electron chi connectivity index (χ4n) is 4.96. The lowest BCUT2D eigenvalue weighted by molar-refractivity contribution is -0.646. The van der Waals surface area contributed by atoms with Crippen molar-refractivity contribution in [1.29, 1.82) is 0 Å². The lowest BCUT2D eigenvalue weighted by Crippen LogP contribution is -2.30. The van der Waals surface area contributed by atoms with Crippen LogP contribution in [0.1, 0.15) is 16.7 Å². The van der Waals surface area contributed by atoms with Crippen molar-refractivity contribution in [3.8, 4) is 0 Å². The Morgan fingerprint density at radius 3 is 2.52 bits per heavy atom. The van der Waals surface area contributed by atoms with E-state index in [4.69, 9.17) is 4.98 Å². The normalized spacial score (nSPS) is 12.4. The lowest BCUT2D eigenvalue weighted by Gasteiger charge is -2.16. The largest absolute Gasteiger partial charge is 0.307 e. The van der Waals surface area contributed by atoms with Gasteiger partial charge < -0.3 is 4.40 Å². The van der Waals surface area contributed by atoms with E-state index in [1.54, 1.807) is 0 Å². The summed E-state index contributed by atoms with van der Waals surface area (Å²) >= 11 is 0. The number of rotatable bonds is 0. The fourth-order valence-corrected chi connectivity index (χ4v) is 4.96. The van der Waals surface area contributed by atoms with E-state index in [-0.39, 0.29) is 0 Å². The van der Waals surface area contributed by atoms with E-state index < -0.39 is 0 Å². The van der Waals surface area contributed by atoms with Crippen molar-refractivity contribution >= 4 is 49.1 Å². The third-order valence-electron chi connectivity index (χ3n) is 6.24. The topological polar surface area (TPSA) is 21.2 Å². The summed E-state index contributed by atoms with van der Waals surface area (Å²) in [5.41, 5.74) is 10.2. The van der Waals surface area contributed by atoms with Crippen LogP contribution in [0.5, 0.6) is 0 Å². The molecule has 0 amide bonds. The minimum atomic E-state index is 1.06. The molecule has 0 aliphatic carbocycles. The highest BCUT2D eigenvalue weighted by atomic mass is 15.0. The molecule has 3 aromatic heterocycles. The maximum absolute atomic E-state index is 4.73. The molecule has 0 N–H and O–H groups in total. The molecule has 0 saturated heterocycles. The van der Waals surface area contributed by atoms with Crippen molar-refractivity contribution < 1.29 is 4.57 Å². The number of nitrogens with zero attached hydrogens (tertiary/aromatic N) is 3. The minimum absolute atomic E-state index is 1.06. The maximum Gasteiger partial charge on any atom is 0.287 e. The van der Waals surface area contributed by atoms with E-state index in [1.165, 1.54) is 60.3 Å². The second kappa shape index (κ2) is 4.74. The molecule has 3 heterocycles. The Bertz CT molecular complexity index is 1550. The van der Waals surface area contributed by atoms with Gasteiger partial charge in [-0.1, -0.05) is 24.3 Å². The Morgan fingerprint density at radius 1 is 0.852 bits per heavy atom. The molecule has 3 nitrogen and oxygen atoms in total. The first kappa shape index (κ1) is 14.9. The molecule has 6 rings (SSSR count). The van der Waals surface area contributed by atoms with Crippen molar-refractivity contribution in [2.24, 2.45) is 7.05 Å².